The molecule has 31 heavy (non-hydrogen) atoms. The Hall–Kier alpha value is -3.38. The van der Waals surface area contributed by atoms with Crippen LogP contribution >= 0.6 is 11.6 Å². The first-order chi connectivity index (χ1) is 14.8. The predicted molar refractivity (Wildman–Crippen MR) is 121 cm³/mol. The Morgan fingerprint density at radius 1 is 1.10 bits per heavy atom. The van der Waals surface area contributed by atoms with Crippen molar-refractivity contribution in [3.63, 3.8) is 0 Å². The molecule has 0 aliphatic heterocycles. The lowest BCUT2D eigenvalue weighted by Crippen LogP contribution is -2.18. The van der Waals surface area contributed by atoms with E-state index in [4.69, 9.17) is 16.0 Å². The van der Waals surface area contributed by atoms with Crippen molar-refractivity contribution in [2.24, 2.45) is 0 Å². The molecule has 1 N–H and O–H groups in total. The molecule has 2 aromatic carbocycles. The van der Waals surface area contributed by atoms with Crippen LogP contribution in [0, 0.1) is 0 Å². The van der Waals surface area contributed by atoms with Crippen LogP contribution < -0.4 is 5.32 Å². The Morgan fingerprint density at radius 3 is 2.52 bits per heavy atom. The molecule has 2 aromatic heterocycles. The molecule has 7 heteroatoms. The molecule has 6 nitrogen and oxygen atoms in total. The molecule has 0 unspecified atom stereocenters. The van der Waals surface area contributed by atoms with E-state index in [1.807, 2.05) is 48.5 Å². The van der Waals surface area contributed by atoms with Crippen molar-refractivity contribution in [2.75, 3.05) is 5.32 Å². The van der Waals surface area contributed by atoms with Gasteiger partial charge in [0, 0.05) is 17.1 Å². The molecule has 0 aliphatic carbocycles. The van der Waals surface area contributed by atoms with Gasteiger partial charge in [-0.15, -0.1) is 5.10 Å². The highest BCUT2D eigenvalue weighted by Crippen LogP contribution is 2.24. The Balaban J connectivity index is 1.65. The number of nitrogens with one attached hydrogen (secondary N) is 1. The minimum atomic E-state index is -0.278. The van der Waals surface area contributed by atoms with Gasteiger partial charge in [0.25, 0.3) is 5.91 Å². The summed E-state index contributed by atoms with van der Waals surface area (Å²) >= 11 is 6.08. The summed E-state index contributed by atoms with van der Waals surface area (Å²) in [6.45, 7) is 6.84. The van der Waals surface area contributed by atoms with E-state index in [-0.39, 0.29) is 11.3 Å². The summed E-state index contributed by atoms with van der Waals surface area (Å²) in [6.07, 6.45) is 1.54. The number of aromatic nitrogens is 3. The molecule has 158 valence electrons. The second kappa shape index (κ2) is 8.40. The number of anilines is 1. The zero-order valence-corrected chi connectivity index (χ0v) is 18.3. The van der Waals surface area contributed by atoms with E-state index in [0.29, 0.717) is 34.7 Å². The Labute approximate surface area is 185 Å². The first kappa shape index (κ1) is 20.9. The second-order valence-corrected chi connectivity index (χ2v) is 8.70. The number of halogens is 1. The lowest BCUT2D eigenvalue weighted by molar-refractivity contribution is 0.0947. The highest BCUT2D eigenvalue weighted by atomic mass is 35.5. The van der Waals surface area contributed by atoms with Gasteiger partial charge >= 0.3 is 0 Å². The summed E-state index contributed by atoms with van der Waals surface area (Å²) in [5.74, 6) is 0.870. The van der Waals surface area contributed by atoms with Gasteiger partial charge in [-0.1, -0.05) is 56.6 Å². The highest BCUT2D eigenvalue weighted by Gasteiger charge is 2.21. The molecule has 0 aliphatic rings. The molecule has 0 bridgehead atoms. The van der Waals surface area contributed by atoms with E-state index in [0.717, 1.165) is 11.1 Å². The molecule has 0 saturated heterocycles. The molecular formula is C24H23ClN4O2. The third-order valence-corrected chi connectivity index (χ3v) is 5.11. The minimum Gasteiger partial charge on any atom is -0.461 e. The van der Waals surface area contributed by atoms with E-state index in [1.54, 1.807) is 18.4 Å². The summed E-state index contributed by atoms with van der Waals surface area (Å²) in [6, 6.07) is 18.6. The Kier molecular flexibility index (Phi) is 5.65. The number of benzene rings is 2. The average Bonchev–Trinajstić information content (AvgIpc) is 3.41. The van der Waals surface area contributed by atoms with Gasteiger partial charge in [-0.2, -0.15) is 9.67 Å². The first-order valence-electron chi connectivity index (χ1n) is 9.96. The maximum atomic E-state index is 13.2. The Morgan fingerprint density at radius 2 is 1.87 bits per heavy atom. The summed E-state index contributed by atoms with van der Waals surface area (Å²) in [5, 5.41) is 8.24. The molecule has 0 atom stereocenters. The van der Waals surface area contributed by atoms with Crippen LogP contribution in [0.4, 0.5) is 5.95 Å². The summed E-state index contributed by atoms with van der Waals surface area (Å²) in [7, 11) is 0. The molecular weight excluding hydrogens is 412 g/mol. The Bertz CT molecular complexity index is 1190. The monoisotopic (exact) mass is 434 g/mol. The molecule has 4 rings (SSSR count). The fourth-order valence-electron chi connectivity index (χ4n) is 3.14. The normalized spacial score (nSPS) is 11.5. The van der Waals surface area contributed by atoms with Crippen LogP contribution in [0.15, 0.2) is 71.3 Å². The van der Waals surface area contributed by atoms with Gasteiger partial charge in [0.05, 0.1) is 6.26 Å². The van der Waals surface area contributed by atoms with Crippen molar-refractivity contribution in [3.8, 4) is 11.6 Å². The van der Waals surface area contributed by atoms with E-state index >= 15 is 0 Å². The lowest BCUT2D eigenvalue weighted by Gasteiger charge is -2.19. The maximum Gasteiger partial charge on any atom is 0.281 e. The summed E-state index contributed by atoms with van der Waals surface area (Å²) in [5.41, 5.74) is 2.64. The predicted octanol–water partition coefficient (Wildman–Crippen LogP) is 5.79. The molecule has 0 fully saturated rings. The number of hydrogen-bond donors (Lipinski definition) is 1. The minimum absolute atomic E-state index is 0.00492. The topological polar surface area (TPSA) is 73.0 Å². The van der Waals surface area contributed by atoms with Crippen LogP contribution in [0.25, 0.3) is 11.6 Å². The quantitative estimate of drug-likeness (QED) is 0.430. The molecule has 0 radical (unpaired) electrons. The fraction of sp³-hybridized carbons (Fsp3) is 0.208. The lowest BCUT2D eigenvalue weighted by atomic mass is 9.87. The van der Waals surface area contributed by atoms with Gasteiger partial charge in [-0.25, -0.2) is 0 Å². The van der Waals surface area contributed by atoms with Crippen molar-refractivity contribution in [1.82, 2.24) is 14.8 Å². The number of nitrogens with zero attached hydrogens (tertiary/aromatic N) is 3. The van der Waals surface area contributed by atoms with Gasteiger partial charge in [0.15, 0.2) is 5.76 Å². The number of rotatable bonds is 5. The van der Waals surface area contributed by atoms with Crippen molar-refractivity contribution >= 4 is 23.5 Å². The van der Waals surface area contributed by atoms with Crippen LogP contribution in [-0.4, -0.2) is 20.7 Å². The van der Waals surface area contributed by atoms with Crippen LogP contribution in [0.1, 0.15) is 42.3 Å². The number of furan rings is 1. The number of carbonyl (C=O) groups excluding carboxylic acids is 1. The summed E-state index contributed by atoms with van der Waals surface area (Å²) in [4.78, 5) is 17.7. The SMILES string of the molecule is CC(C)(C)c1ccc(C(=O)n2nc(-c3ccco3)nc2NCc2cccc(Cl)c2)cc1. The van der Waals surface area contributed by atoms with Crippen molar-refractivity contribution in [3.05, 3.63) is 88.6 Å². The molecule has 4 aromatic rings. The van der Waals surface area contributed by atoms with Crippen LogP contribution in [0.3, 0.4) is 0 Å². The van der Waals surface area contributed by atoms with Crippen molar-refractivity contribution in [2.45, 2.75) is 32.7 Å². The third-order valence-electron chi connectivity index (χ3n) is 4.88. The number of hydrogen-bond acceptors (Lipinski definition) is 5. The standard InChI is InChI=1S/C24H23ClN4O2/c1-24(2,3)18-11-9-17(10-12-18)22(30)29-23(26-15-16-6-4-7-19(25)14-16)27-21(28-29)20-8-5-13-31-20/h4-14H,15H2,1-3H3,(H,26,27,28). The molecule has 2 heterocycles. The van der Waals surface area contributed by atoms with Gasteiger partial charge < -0.3 is 9.73 Å². The third kappa shape index (κ3) is 4.70. The van der Waals surface area contributed by atoms with Crippen LogP contribution in [-0.2, 0) is 12.0 Å². The van der Waals surface area contributed by atoms with E-state index in [9.17, 15) is 4.79 Å². The van der Waals surface area contributed by atoms with Gasteiger partial charge in [0.2, 0.25) is 11.8 Å². The average molecular weight is 435 g/mol. The highest BCUT2D eigenvalue weighted by molar-refractivity contribution is 6.30. The molecule has 0 saturated carbocycles. The maximum absolute atomic E-state index is 13.2. The van der Waals surface area contributed by atoms with Gasteiger partial charge in [0.1, 0.15) is 0 Å². The van der Waals surface area contributed by atoms with Crippen molar-refractivity contribution in [1.29, 1.82) is 0 Å². The zero-order chi connectivity index (χ0) is 22.0. The number of carbonyl (C=O) groups is 1. The largest absolute Gasteiger partial charge is 0.461 e. The fourth-order valence-corrected chi connectivity index (χ4v) is 3.35. The molecule has 0 spiro atoms. The van der Waals surface area contributed by atoms with Crippen LogP contribution in [0.5, 0.6) is 0 Å². The van der Waals surface area contributed by atoms with E-state index in [1.165, 1.54) is 4.68 Å². The van der Waals surface area contributed by atoms with Crippen molar-refractivity contribution < 1.29 is 9.21 Å². The molecule has 0 amide bonds. The first-order valence-corrected chi connectivity index (χ1v) is 10.3. The second-order valence-electron chi connectivity index (χ2n) is 8.26. The summed E-state index contributed by atoms with van der Waals surface area (Å²) < 4.78 is 6.68. The van der Waals surface area contributed by atoms with Gasteiger partial charge in [-0.05, 0) is 52.9 Å². The zero-order valence-electron chi connectivity index (χ0n) is 17.6. The smallest absolute Gasteiger partial charge is 0.281 e. The van der Waals surface area contributed by atoms with Gasteiger partial charge in [-0.3, -0.25) is 4.79 Å². The van der Waals surface area contributed by atoms with E-state index < -0.39 is 0 Å². The van der Waals surface area contributed by atoms with E-state index in [2.05, 4.69) is 36.2 Å². The van der Waals surface area contributed by atoms with Crippen LogP contribution in [0.2, 0.25) is 5.02 Å².